The zero-order valence-electron chi connectivity index (χ0n) is 15.5. The van der Waals surface area contributed by atoms with Gasteiger partial charge in [-0.15, -0.1) is 0 Å². The number of anilines is 1. The van der Waals surface area contributed by atoms with E-state index in [0.717, 1.165) is 24.9 Å². The summed E-state index contributed by atoms with van der Waals surface area (Å²) in [6.07, 6.45) is 6.79. The first-order valence-electron chi connectivity index (χ1n) is 8.94. The third-order valence-electron chi connectivity index (χ3n) is 4.80. The Morgan fingerprint density at radius 1 is 1.21 bits per heavy atom. The highest BCUT2D eigenvalue weighted by atomic mass is 16.5. The van der Waals surface area contributed by atoms with E-state index < -0.39 is 0 Å². The van der Waals surface area contributed by atoms with Crippen LogP contribution in [0, 0.1) is 12.8 Å². The van der Waals surface area contributed by atoms with E-state index in [1.54, 1.807) is 0 Å². The van der Waals surface area contributed by atoms with Crippen molar-refractivity contribution in [3.8, 4) is 0 Å². The molecule has 134 valence electrons. The summed E-state index contributed by atoms with van der Waals surface area (Å²) in [7, 11) is 3.97. The lowest BCUT2D eigenvalue weighted by molar-refractivity contribution is -0.146. The van der Waals surface area contributed by atoms with Gasteiger partial charge in [0.1, 0.15) is 12.4 Å². The molecule has 1 amide bonds. The van der Waals surface area contributed by atoms with Crippen LogP contribution in [0.1, 0.15) is 38.2 Å². The summed E-state index contributed by atoms with van der Waals surface area (Å²) in [6, 6.07) is 4.57. The van der Waals surface area contributed by atoms with Crippen LogP contribution in [0.3, 0.4) is 0 Å². The highest BCUT2D eigenvalue weighted by Gasteiger charge is 2.29. The van der Waals surface area contributed by atoms with Gasteiger partial charge in [-0.25, -0.2) is 4.98 Å². The lowest BCUT2D eigenvalue weighted by Gasteiger charge is -2.38. The third-order valence-corrected chi connectivity index (χ3v) is 4.80. The first-order chi connectivity index (χ1) is 11.5. The number of pyridine rings is 1. The number of carbonyl (C=O) groups is 1. The Balaban J connectivity index is 0.000000185. The van der Waals surface area contributed by atoms with Gasteiger partial charge >= 0.3 is 0 Å². The number of nitrogens with zero attached hydrogens (tertiary/aromatic N) is 3. The SMILES string of the molecule is CC1CCC(N2CCOCC2=O)CC1.Cc1ccc(N(C)C)nc1. The molecule has 0 aromatic carbocycles. The van der Waals surface area contributed by atoms with Gasteiger partial charge in [0.05, 0.1) is 6.61 Å². The summed E-state index contributed by atoms with van der Waals surface area (Å²) < 4.78 is 5.13. The molecular formula is C19H31N3O2. The van der Waals surface area contributed by atoms with Gasteiger partial charge in [0.15, 0.2) is 0 Å². The lowest BCUT2D eigenvalue weighted by Crippen LogP contribution is -2.48. The van der Waals surface area contributed by atoms with Gasteiger partial charge in [0, 0.05) is 32.9 Å². The molecule has 0 N–H and O–H groups in total. The van der Waals surface area contributed by atoms with Crippen LogP contribution in [0.25, 0.3) is 0 Å². The quantitative estimate of drug-likeness (QED) is 0.835. The zero-order chi connectivity index (χ0) is 17.5. The topological polar surface area (TPSA) is 45.7 Å². The molecule has 3 rings (SSSR count). The molecule has 1 aliphatic heterocycles. The standard InChI is InChI=1S/C11H19NO2.C8H12N2/c1-9-2-4-10(5-3-9)12-6-7-14-8-11(12)13;1-7-4-5-8(9-6-7)10(2)3/h9-10H,2-8H2,1H3;4-6H,1-3H3. The zero-order valence-corrected chi connectivity index (χ0v) is 15.5. The highest BCUT2D eigenvalue weighted by molar-refractivity contribution is 5.78. The van der Waals surface area contributed by atoms with Crippen molar-refractivity contribution in [2.45, 2.75) is 45.6 Å². The van der Waals surface area contributed by atoms with E-state index >= 15 is 0 Å². The first kappa shape index (κ1) is 18.7. The van der Waals surface area contributed by atoms with Crippen LogP contribution in [0.15, 0.2) is 18.3 Å². The largest absolute Gasteiger partial charge is 0.370 e. The number of hydrogen-bond acceptors (Lipinski definition) is 4. The minimum atomic E-state index is 0.191. The Hall–Kier alpha value is -1.62. The Morgan fingerprint density at radius 3 is 2.46 bits per heavy atom. The van der Waals surface area contributed by atoms with E-state index in [4.69, 9.17) is 4.74 Å². The van der Waals surface area contributed by atoms with Gasteiger partial charge in [0.25, 0.3) is 0 Å². The maximum absolute atomic E-state index is 11.6. The maximum Gasteiger partial charge on any atom is 0.248 e. The van der Waals surface area contributed by atoms with E-state index in [1.165, 1.54) is 31.2 Å². The van der Waals surface area contributed by atoms with Crippen molar-refractivity contribution < 1.29 is 9.53 Å². The molecule has 0 unspecified atom stereocenters. The second kappa shape index (κ2) is 9.02. The van der Waals surface area contributed by atoms with E-state index in [2.05, 4.69) is 18.0 Å². The molecule has 0 spiro atoms. The van der Waals surface area contributed by atoms with Gasteiger partial charge in [-0.1, -0.05) is 13.0 Å². The fourth-order valence-corrected chi connectivity index (χ4v) is 3.19. The number of carbonyl (C=O) groups excluding carboxylic acids is 1. The highest BCUT2D eigenvalue weighted by Crippen LogP contribution is 2.27. The fraction of sp³-hybridized carbons (Fsp3) is 0.684. The second-order valence-electron chi connectivity index (χ2n) is 7.14. The monoisotopic (exact) mass is 333 g/mol. The molecule has 1 aromatic heterocycles. The van der Waals surface area contributed by atoms with Crippen LogP contribution in [0.2, 0.25) is 0 Å². The Bertz CT molecular complexity index is 508. The minimum absolute atomic E-state index is 0.191. The average Bonchev–Trinajstić information content (AvgIpc) is 2.57. The number of aryl methyl sites for hydroxylation is 1. The maximum atomic E-state index is 11.6. The molecule has 0 radical (unpaired) electrons. The number of hydrogen-bond donors (Lipinski definition) is 0. The van der Waals surface area contributed by atoms with E-state index in [-0.39, 0.29) is 5.91 Å². The normalized spacial score (nSPS) is 24.2. The number of aromatic nitrogens is 1. The Labute approximate surface area is 146 Å². The van der Waals surface area contributed by atoms with Crippen molar-refractivity contribution in [2.24, 2.45) is 5.92 Å². The summed E-state index contributed by atoms with van der Waals surface area (Å²) in [5.41, 5.74) is 1.20. The molecule has 1 aromatic rings. The molecular weight excluding hydrogens is 302 g/mol. The third kappa shape index (κ3) is 5.48. The predicted octanol–water partition coefficient (Wildman–Crippen LogP) is 2.88. The number of amides is 1. The minimum Gasteiger partial charge on any atom is -0.370 e. The van der Waals surface area contributed by atoms with E-state index in [0.29, 0.717) is 12.6 Å². The van der Waals surface area contributed by atoms with Crippen LogP contribution in [0.4, 0.5) is 5.82 Å². The van der Waals surface area contributed by atoms with Crippen molar-refractivity contribution in [3.63, 3.8) is 0 Å². The first-order valence-corrected chi connectivity index (χ1v) is 8.94. The molecule has 1 saturated heterocycles. The van der Waals surface area contributed by atoms with Gasteiger partial charge in [-0.05, 0) is 50.2 Å². The average molecular weight is 333 g/mol. The van der Waals surface area contributed by atoms with Crippen molar-refractivity contribution >= 4 is 11.7 Å². The summed E-state index contributed by atoms with van der Waals surface area (Å²) in [4.78, 5) is 19.8. The van der Waals surface area contributed by atoms with Crippen LogP contribution in [-0.4, -0.2) is 55.7 Å². The molecule has 24 heavy (non-hydrogen) atoms. The predicted molar refractivity (Wildman–Crippen MR) is 97.3 cm³/mol. The number of ether oxygens (including phenoxy) is 1. The molecule has 2 fully saturated rings. The van der Waals surface area contributed by atoms with Gasteiger partial charge in [-0.2, -0.15) is 0 Å². The second-order valence-corrected chi connectivity index (χ2v) is 7.14. The van der Waals surface area contributed by atoms with Crippen molar-refractivity contribution in [3.05, 3.63) is 23.9 Å². The van der Waals surface area contributed by atoms with Crippen LogP contribution in [0.5, 0.6) is 0 Å². The molecule has 2 heterocycles. The fourth-order valence-electron chi connectivity index (χ4n) is 3.19. The molecule has 0 atom stereocenters. The Kier molecular flexibility index (Phi) is 7.03. The molecule has 0 bridgehead atoms. The van der Waals surface area contributed by atoms with Crippen LogP contribution in [-0.2, 0) is 9.53 Å². The van der Waals surface area contributed by atoms with Gasteiger partial charge in [-0.3, -0.25) is 4.79 Å². The lowest BCUT2D eigenvalue weighted by atomic mass is 9.86. The summed E-state index contributed by atoms with van der Waals surface area (Å²) in [5.74, 6) is 2.05. The number of rotatable bonds is 2. The molecule has 5 heteroatoms. The summed E-state index contributed by atoms with van der Waals surface area (Å²) in [6.45, 7) is 6.16. The van der Waals surface area contributed by atoms with Gasteiger partial charge in [0.2, 0.25) is 5.91 Å². The summed E-state index contributed by atoms with van der Waals surface area (Å²) >= 11 is 0. The van der Waals surface area contributed by atoms with Crippen LogP contribution < -0.4 is 4.90 Å². The molecule has 5 nitrogen and oxygen atoms in total. The molecule has 2 aliphatic rings. The van der Waals surface area contributed by atoms with E-state index in [1.807, 2.05) is 43.1 Å². The number of morpholine rings is 1. The molecule has 1 saturated carbocycles. The molecule has 1 aliphatic carbocycles. The van der Waals surface area contributed by atoms with Crippen LogP contribution >= 0.6 is 0 Å². The van der Waals surface area contributed by atoms with Crippen molar-refractivity contribution in [2.75, 3.05) is 38.8 Å². The Morgan fingerprint density at radius 2 is 1.92 bits per heavy atom. The summed E-state index contributed by atoms with van der Waals surface area (Å²) in [5, 5.41) is 0. The van der Waals surface area contributed by atoms with Crippen molar-refractivity contribution in [1.82, 2.24) is 9.88 Å². The van der Waals surface area contributed by atoms with Crippen molar-refractivity contribution in [1.29, 1.82) is 0 Å². The van der Waals surface area contributed by atoms with E-state index in [9.17, 15) is 4.79 Å². The van der Waals surface area contributed by atoms with Gasteiger partial charge < -0.3 is 14.5 Å². The smallest absolute Gasteiger partial charge is 0.248 e.